The second kappa shape index (κ2) is 5.67. The van der Waals surface area contributed by atoms with Gasteiger partial charge in [0, 0.05) is 23.9 Å². The van der Waals surface area contributed by atoms with Gasteiger partial charge < -0.3 is 15.8 Å². The third kappa shape index (κ3) is 4.27. The van der Waals surface area contributed by atoms with Gasteiger partial charge in [-0.05, 0) is 20.8 Å². The highest BCUT2D eigenvalue weighted by Gasteiger charge is 2.28. The average molecular weight is 271 g/mol. The van der Waals surface area contributed by atoms with Crippen LogP contribution in [0.5, 0.6) is 0 Å². The van der Waals surface area contributed by atoms with E-state index in [1.807, 2.05) is 33.1 Å². The second-order valence-electron chi connectivity index (χ2n) is 5.49. The monoisotopic (exact) mass is 271 g/mol. The van der Waals surface area contributed by atoms with Gasteiger partial charge in [0.15, 0.2) is 0 Å². The van der Waals surface area contributed by atoms with Crippen LogP contribution in [0.1, 0.15) is 33.4 Å². The fourth-order valence-corrected chi connectivity index (χ4v) is 2.07. The number of rotatable bonds is 4. The number of ether oxygens (including phenoxy) is 1. The highest BCUT2D eigenvalue weighted by Crippen LogP contribution is 2.21. The molecule has 0 aliphatic carbocycles. The molecule has 18 heavy (non-hydrogen) atoms. The number of carbonyl (C=O) groups excluding carboxylic acids is 1. The number of amides is 1. The summed E-state index contributed by atoms with van der Waals surface area (Å²) in [6.07, 6.45) is -0.433. The van der Waals surface area contributed by atoms with Crippen molar-refractivity contribution in [1.29, 1.82) is 0 Å². The summed E-state index contributed by atoms with van der Waals surface area (Å²) in [5, 5.41) is 4.69. The average Bonchev–Trinajstić information content (AvgIpc) is 2.77. The zero-order valence-electron chi connectivity index (χ0n) is 11.3. The van der Waals surface area contributed by atoms with E-state index < -0.39 is 11.7 Å². The molecule has 0 aliphatic heterocycles. The fraction of sp³-hybridized carbons (Fsp3) is 0.667. The molecule has 6 heteroatoms. The number of nitrogens with one attached hydrogen (secondary N) is 1. The Hall–Kier alpha value is -1.14. The molecule has 102 valence electrons. The van der Waals surface area contributed by atoms with Crippen molar-refractivity contribution in [2.75, 3.05) is 13.1 Å². The van der Waals surface area contributed by atoms with Crippen LogP contribution in [0.15, 0.2) is 10.9 Å². The summed E-state index contributed by atoms with van der Waals surface area (Å²) in [5.74, 6) is 0. The van der Waals surface area contributed by atoms with Crippen LogP contribution >= 0.6 is 11.3 Å². The largest absolute Gasteiger partial charge is 0.444 e. The van der Waals surface area contributed by atoms with Gasteiger partial charge in [-0.3, -0.25) is 0 Å². The van der Waals surface area contributed by atoms with Crippen molar-refractivity contribution in [2.24, 2.45) is 5.73 Å². The van der Waals surface area contributed by atoms with Gasteiger partial charge in [0.1, 0.15) is 5.60 Å². The summed E-state index contributed by atoms with van der Waals surface area (Å²) < 4.78 is 5.19. The third-order valence-corrected chi connectivity index (χ3v) is 3.11. The Morgan fingerprint density at radius 1 is 1.50 bits per heavy atom. The maximum atomic E-state index is 11.6. The molecule has 0 aliphatic rings. The number of nitrogens with zero attached hydrogens (tertiary/aromatic N) is 1. The predicted octanol–water partition coefficient (Wildman–Crippen LogP) is 1.88. The Bertz CT molecular complexity index is 387. The SMILES string of the molecule is CC(C)(C)OC(=O)NCC(C)(CN)c1cscn1. The van der Waals surface area contributed by atoms with Gasteiger partial charge in [-0.15, -0.1) is 11.3 Å². The number of hydrogen-bond acceptors (Lipinski definition) is 5. The smallest absolute Gasteiger partial charge is 0.407 e. The molecule has 0 saturated heterocycles. The van der Waals surface area contributed by atoms with Crippen molar-refractivity contribution in [2.45, 2.75) is 38.7 Å². The minimum atomic E-state index is -0.496. The van der Waals surface area contributed by atoms with Crippen molar-refractivity contribution in [3.05, 3.63) is 16.6 Å². The van der Waals surface area contributed by atoms with E-state index in [-0.39, 0.29) is 5.41 Å². The standard InChI is InChI=1S/C12H21N3O2S/c1-11(2,3)17-10(16)14-7-12(4,6-13)9-5-18-8-15-9/h5,8H,6-7,13H2,1-4H3,(H,14,16). The Balaban J connectivity index is 2.58. The number of nitrogens with two attached hydrogens (primary N) is 1. The highest BCUT2D eigenvalue weighted by atomic mass is 32.1. The lowest BCUT2D eigenvalue weighted by Crippen LogP contribution is -2.45. The maximum Gasteiger partial charge on any atom is 0.407 e. The van der Waals surface area contributed by atoms with Crippen LogP contribution in [-0.2, 0) is 10.2 Å². The van der Waals surface area contributed by atoms with Gasteiger partial charge in [0.25, 0.3) is 0 Å². The number of thiazole rings is 1. The lowest BCUT2D eigenvalue weighted by atomic mass is 9.87. The van der Waals surface area contributed by atoms with Crippen molar-refractivity contribution < 1.29 is 9.53 Å². The van der Waals surface area contributed by atoms with E-state index in [4.69, 9.17) is 10.5 Å². The van der Waals surface area contributed by atoms with E-state index in [9.17, 15) is 4.79 Å². The molecule has 0 fully saturated rings. The number of hydrogen-bond donors (Lipinski definition) is 2. The summed E-state index contributed by atoms with van der Waals surface area (Å²) in [6.45, 7) is 8.27. The summed E-state index contributed by atoms with van der Waals surface area (Å²) in [7, 11) is 0. The molecule has 0 spiro atoms. The molecule has 0 saturated carbocycles. The summed E-state index contributed by atoms with van der Waals surface area (Å²) >= 11 is 1.52. The molecular weight excluding hydrogens is 250 g/mol. The van der Waals surface area contributed by atoms with E-state index in [1.165, 1.54) is 11.3 Å². The normalized spacial score (nSPS) is 14.9. The fourth-order valence-electron chi connectivity index (χ4n) is 1.36. The van der Waals surface area contributed by atoms with Crippen LogP contribution in [0.4, 0.5) is 4.79 Å². The van der Waals surface area contributed by atoms with Crippen molar-refractivity contribution in [3.8, 4) is 0 Å². The molecule has 0 bridgehead atoms. The first kappa shape index (κ1) is 14.9. The first-order valence-electron chi connectivity index (χ1n) is 5.82. The summed E-state index contributed by atoms with van der Waals surface area (Å²) in [4.78, 5) is 15.9. The predicted molar refractivity (Wildman–Crippen MR) is 72.8 cm³/mol. The van der Waals surface area contributed by atoms with E-state index in [1.54, 1.807) is 5.51 Å². The van der Waals surface area contributed by atoms with E-state index in [0.717, 1.165) is 5.69 Å². The van der Waals surface area contributed by atoms with E-state index >= 15 is 0 Å². The van der Waals surface area contributed by atoms with Gasteiger partial charge in [0.2, 0.25) is 0 Å². The number of carbonyl (C=O) groups is 1. The topological polar surface area (TPSA) is 77.2 Å². The maximum absolute atomic E-state index is 11.6. The Morgan fingerprint density at radius 3 is 2.61 bits per heavy atom. The minimum absolute atomic E-state index is 0.364. The first-order chi connectivity index (χ1) is 8.27. The lowest BCUT2D eigenvalue weighted by Gasteiger charge is -2.27. The lowest BCUT2D eigenvalue weighted by molar-refractivity contribution is 0.0516. The van der Waals surface area contributed by atoms with Crippen LogP contribution in [0.2, 0.25) is 0 Å². The van der Waals surface area contributed by atoms with Crippen molar-refractivity contribution >= 4 is 17.4 Å². The van der Waals surface area contributed by atoms with Gasteiger partial charge >= 0.3 is 6.09 Å². The van der Waals surface area contributed by atoms with Crippen LogP contribution in [0.25, 0.3) is 0 Å². The number of aromatic nitrogens is 1. The van der Waals surface area contributed by atoms with Crippen LogP contribution < -0.4 is 11.1 Å². The molecular formula is C12H21N3O2S. The Morgan fingerprint density at radius 2 is 2.17 bits per heavy atom. The van der Waals surface area contributed by atoms with Gasteiger partial charge in [0.05, 0.1) is 11.2 Å². The second-order valence-corrected chi connectivity index (χ2v) is 6.21. The molecule has 0 aromatic carbocycles. The molecule has 0 radical (unpaired) electrons. The van der Waals surface area contributed by atoms with E-state index in [0.29, 0.717) is 13.1 Å². The molecule has 1 aromatic rings. The van der Waals surface area contributed by atoms with Crippen LogP contribution in [0, 0.1) is 0 Å². The van der Waals surface area contributed by atoms with Crippen molar-refractivity contribution in [3.63, 3.8) is 0 Å². The molecule has 1 atom stereocenters. The molecule has 1 rings (SSSR count). The quantitative estimate of drug-likeness (QED) is 0.876. The molecule has 1 amide bonds. The van der Waals surface area contributed by atoms with Gasteiger partial charge in [-0.1, -0.05) is 6.92 Å². The zero-order valence-corrected chi connectivity index (χ0v) is 12.1. The molecule has 1 unspecified atom stereocenters. The van der Waals surface area contributed by atoms with Gasteiger partial charge in [-0.2, -0.15) is 0 Å². The van der Waals surface area contributed by atoms with Gasteiger partial charge in [-0.25, -0.2) is 9.78 Å². The molecule has 5 nitrogen and oxygen atoms in total. The van der Waals surface area contributed by atoms with Crippen molar-refractivity contribution in [1.82, 2.24) is 10.3 Å². The molecule has 3 N–H and O–H groups in total. The minimum Gasteiger partial charge on any atom is -0.444 e. The zero-order chi connectivity index (χ0) is 13.8. The number of alkyl carbamates (subject to hydrolysis) is 1. The Kier molecular flexibility index (Phi) is 4.70. The van der Waals surface area contributed by atoms with Crippen LogP contribution in [0.3, 0.4) is 0 Å². The molecule has 1 heterocycles. The highest BCUT2D eigenvalue weighted by molar-refractivity contribution is 7.07. The first-order valence-corrected chi connectivity index (χ1v) is 6.77. The van der Waals surface area contributed by atoms with Crippen LogP contribution in [-0.4, -0.2) is 29.8 Å². The van der Waals surface area contributed by atoms with E-state index in [2.05, 4.69) is 10.3 Å². The summed E-state index contributed by atoms with van der Waals surface area (Å²) in [6, 6.07) is 0. The third-order valence-electron chi connectivity index (χ3n) is 2.52. The Labute approximate surface area is 112 Å². The summed E-state index contributed by atoms with van der Waals surface area (Å²) in [5.41, 5.74) is 7.58. The molecule has 1 aromatic heterocycles.